The first kappa shape index (κ1) is 15.2. The molecule has 2 aliphatic rings. The van der Waals surface area contributed by atoms with Gasteiger partial charge in [-0.2, -0.15) is 0 Å². The average molecular weight is 321 g/mol. The highest BCUT2D eigenvalue weighted by Crippen LogP contribution is 2.64. The normalized spacial score (nSPS) is 28.4. The van der Waals surface area contributed by atoms with Crippen LogP contribution in [0.15, 0.2) is 54.6 Å². The van der Waals surface area contributed by atoms with E-state index in [1.807, 2.05) is 0 Å². The van der Waals surface area contributed by atoms with Crippen molar-refractivity contribution < 1.29 is 0 Å². The van der Waals surface area contributed by atoms with Crippen molar-refractivity contribution in [3.63, 3.8) is 0 Å². The van der Waals surface area contributed by atoms with Crippen molar-refractivity contribution in [3.05, 3.63) is 65.7 Å². The number of benzene rings is 2. The summed E-state index contributed by atoms with van der Waals surface area (Å²) in [5.41, 5.74) is 4.21. The minimum Gasteiger partial charge on any atom is -0.0646 e. The summed E-state index contributed by atoms with van der Waals surface area (Å²) in [5.74, 6) is 1.62. The molecular weight excluding hydrogens is 292 g/mol. The molecule has 120 valence electrons. The van der Waals surface area contributed by atoms with Gasteiger partial charge in [0, 0.05) is 0 Å². The molecule has 0 N–H and O–H groups in total. The van der Waals surface area contributed by atoms with Crippen LogP contribution in [-0.4, -0.2) is 8.07 Å². The lowest BCUT2D eigenvalue weighted by molar-refractivity contribution is 0.630. The van der Waals surface area contributed by atoms with Crippen molar-refractivity contribution in [2.75, 3.05) is 0 Å². The molecule has 4 rings (SSSR count). The molecule has 0 aliphatic heterocycles. The molecule has 1 fully saturated rings. The molecule has 0 aromatic heterocycles. The highest BCUT2D eigenvalue weighted by atomic mass is 28.3. The van der Waals surface area contributed by atoms with Crippen LogP contribution < -0.4 is 5.19 Å². The summed E-state index contributed by atoms with van der Waals surface area (Å²) in [5, 5.41) is 2.04. The van der Waals surface area contributed by atoms with E-state index in [-0.39, 0.29) is 0 Å². The van der Waals surface area contributed by atoms with Crippen LogP contribution in [-0.2, 0) is 0 Å². The van der Waals surface area contributed by atoms with Gasteiger partial charge in [-0.05, 0) is 46.4 Å². The van der Waals surface area contributed by atoms with Crippen molar-refractivity contribution in [3.8, 4) is 0 Å². The predicted octanol–water partition coefficient (Wildman–Crippen LogP) is 5.82. The molecule has 2 aromatic rings. The molecule has 0 saturated heterocycles. The molecule has 1 saturated carbocycles. The van der Waals surface area contributed by atoms with E-state index in [0.717, 1.165) is 17.4 Å². The van der Waals surface area contributed by atoms with Crippen LogP contribution in [0.25, 0.3) is 0 Å². The number of hydrogen-bond acceptors (Lipinski definition) is 0. The smallest absolute Gasteiger partial charge is 0.0646 e. The second-order valence-electron chi connectivity index (χ2n) is 8.83. The summed E-state index contributed by atoms with van der Waals surface area (Å²) in [4.78, 5) is 0. The third-order valence-corrected chi connectivity index (χ3v) is 13.8. The molecule has 2 aromatic carbocycles. The van der Waals surface area contributed by atoms with Gasteiger partial charge in [0.15, 0.2) is 0 Å². The average Bonchev–Trinajstić information content (AvgIpc) is 3.13. The highest BCUT2D eigenvalue weighted by molar-refractivity contribution is 6.94. The molecular formula is C22H28Si. The second-order valence-corrected chi connectivity index (χ2v) is 14.1. The van der Waals surface area contributed by atoms with Crippen LogP contribution in [0.3, 0.4) is 0 Å². The quantitative estimate of drug-likeness (QED) is 0.612. The maximum atomic E-state index is 2.66. The monoisotopic (exact) mass is 320 g/mol. The fourth-order valence-corrected chi connectivity index (χ4v) is 10.6. The van der Waals surface area contributed by atoms with Gasteiger partial charge in [-0.15, -0.1) is 0 Å². The zero-order valence-corrected chi connectivity index (χ0v) is 15.8. The van der Waals surface area contributed by atoms with Crippen molar-refractivity contribution in [1.29, 1.82) is 0 Å². The number of hydrogen-bond donors (Lipinski definition) is 0. The van der Waals surface area contributed by atoms with Crippen LogP contribution >= 0.6 is 0 Å². The Kier molecular flexibility index (Phi) is 3.35. The van der Waals surface area contributed by atoms with Gasteiger partial charge in [-0.1, -0.05) is 87.1 Å². The van der Waals surface area contributed by atoms with Gasteiger partial charge in [-0.25, -0.2) is 0 Å². The lowest BCUT2D eigenvalue weighted by Gasteiger charge is -2.48. The molecule has 0 radical (unpaired) electrons. The van der Waals surface area contributed by atoms with Gasteiger partial charge in [0.25, 0.3) is 0 Å². The molecule has 3 unspecified atom stereocenters. The Morgan fingerprint density at radius 1 is 0.826 bits per heavy atom. The largest absolute Gasteiger partial charge is 0.0926 e. The Morgan fingerprint density at radius 3 is 2.09 bits per heavy atom. The maximum absolute atomic E-state index is 2.66. The van der Waals surface area contributed by atoms with Crippen LogP contribution in [0.4, 0.5) is 0 Å². The maximum Gasteiger partial charge on any atom is 0.0926 e. The van der Waals surface area contributed by atoms with Crippen molar-refractivity contribution in [2.24, 2.45) is 0 Å². The first-order chi connectivity index (χ1) is 10.9. The second kappa shape index (κ2) is 5.08. The minimum atomic E-state index is -1.62. The molecule has 0 amide bonds. The molecule has 0 heterocycles. The van der Waals surface area contributed by atoms with Crippen molar-refractivity contribution in [2.45, 2.75) is 62.6 Å². The molecule has 2 bridgehead atoms. The Bertz CT molecular complexity index is 712. The van der Waals surface area contributed by atoms with E-state index in [0.29, 0.717) is 5.04 Å². The van der Waals surface area contributed by atoms with Gasteiger partial charge >= 0.3 is 0 Å². The minimum absolute atomic E-state index is 0.387. The molecule has 1 heteroatoms. The lowest BCUT2D eigenvalue weighted by Crippen LogP contribution is -2.56. The van der Waals surface area contributed by atoms with E-state index in [9.17, 15) is 0 Å². The molecule has 4 atom stereocenters. The molecule has 0 nitrogen and oxygen atoms in total. The van der Waals surface area contributed by atoms with Crippen LogP contribution in [0.5, 0.6) is 0 Å². The zero-order valence-electron chi connectivity index (χ0n) is 14.8. The third kappa shape index (κ3) is 2.09. The first-order valence-electron chi connectivity index (χ1n) is 9.07. The lowest BCUT2D eigenvalue weighted by atomic mass is 9.91. The molecule has 2 aliphatic carbocycles. The Hall–Kier alpha value is -1.34. The third-order valence-electron chi connectivity index (χ3n) is 7.07. The summed E-state index contributed by atoms with van der Waals surface area (Å²) in [7, 11) is -1.62. The van der Waals surface area contributed by atoms with Crippen LogP contribution in [0, 0.1) is 0 Å². The Morgan fingerprint density at radius 2 is 1.43 bits per heavy atom. The summed E-state index contributed by atoms with van der Waals surface area (Å²) in [6, 6.07) is 20.7. The first-order valence-corrected chi connectivity index (χ1v) is 11.6. The van der Waals surface area contributed by atoms with Crippen molar-refractivity contribution >= 4 is 13.3 Å². The summed E-state index contributed by atoms with van der Waals surface area (Å²) in [6.07, 6.45) is 2.81. The fourth-order valence-electron chi connectivity index (χ4n) is 5.48. The Balaban J connectivity index is 1.82. The van der Waals surface area contributed by atoms with E-state index in [2.05, 4.69) is 81.9 Å². The van der Waals surface area contributed by atoms with E-state index >= 15 is 0 Å². The predicted molar refractivity (Wildman–Crippen MR) is 102 cm³/mol. The number of rotatable bonds is 2. The van der Waals surface area contributed by atoms with Gasteiger partial charge in [0.1, 0.15) is 0 Å². The van der Waals surface area contributed by atoms with Crippen LogP contribution in [0.1, 0.15) is 56.6 Å². The summed E-state index contributed by atoms with van der Waals surface area (Å²) in [6.45, 7) is 10.1. The Labute approximate surface area is 142 Å². The zero-order chi connectivity index (χ0) is 16.2. The molecule has 0 spiro atoms. The summed E-state index contributed by atoms with van der Waals surface area (Å²) < 4.78 is 0. The summed E-state index contributed by atoms with van der Waals surface area (Å²) >= 11 is 0. The SMILES string of the molecule is CC(C)(C)[Si@@](C)(c1ccccc1)C1CC2CC1c1ccccc12. The van der Waals surface area contributed by atoms with Crippen LogP contribution in [0.2, 0.25) is 17.1 Å². The van der Waals surface area contributed by atoms with Gasteiger partial charge in [0.2, 0.25) is 0 Å². The molecule has 23 heavy (non-hydrogen) atoms. The topological polar surface area (TPSA) is 0 Å². The van der Waals surface area contributed by atoms with Gasteiger partial charge in [-0.3, -0.25) is 0 Å². The van der Waals surface area contributed by atoms with Crippen molar-refractivity contribution in [1.82, 2.24) is 0 Å². The highest BCUT2D eigenvalue weighted by Gasteiger charge is 2.56. The van der Waals surface area contributed by atoms with Gasteiger partial charge in [0.05, 0.1) is 8.07 Å². The van der Waals surface area contributed by atoms with E-state index in [4.69, 9.17) is 0 Å². The van der Waals surface area contributed by atoms with E-state index in [1.54, 1.807) is 16.3 Å². The fraction of sp³-hybridized carbons (Fsp3) is 0.455. The van der Waals surface area contributed by atoms with E-state index < -0.39 is 8.07 Å². The van der Waals surface area contributed by atoms with E-state index in [1.165, 1.54) is 12.8 Å². The van der Waals surface area contributed by atoms with Gasteiger partial charge < -0.3 is 0 Å². The standard InChI is InChI=1S/C22H28Si/c1-22(2,3)23(4,17-10-6-5-7-11-17)21-15-16-14-20(21)19-13-9-8-12-18(16)19/h5-13,16,20-21H,14-15H2,1-4H3/t16?,20?,21?,23-/m0/s1. The number of fused-ring (bicyclic) bond motifs is 5.